The third-order valence-electron chi connectivity index (χ3n) is 5.68. The van der Waals surface area contributed by atoms with Gasteiger partial charge in [-0.25, -0.2) is 17.8 Å². The van der Waals surface area contributed by atoms with Crippen LogP contribution in [-0.4, -0.2) is 18.2 Å². The summed E-state index contributed by atoms with van der Waals surface area (Å²) in [6, 6.07) is 26.7. The summed E-state index contributed by atoms with van der Waals surface area (Å²) in [5.41, 5.74) is 4.56. The number of para-hydroxylation sites is 1. The highest BCUT2D eigenvalue weighted by molar-refractivity contribution is 7.89. The van der Waals surface area contributed by atoms with Crippen LogP contribution in [0.3, 0.4) is 0 Å². The Bertz CT molecular complexity index is 1270. The minimum absolute atomic E-state index is 0.145. The van der Waals surface area contributed by atoms with Gasteiger partial charge in [0.25, 0.3) is 0 Å². The van der Waals surface area contributed by atoms with E-state index in [-0.39, 0.29) is 11.4 Å². The van der Waals surface area contributed by atoms with Crippen LogP contribution in [0.1, 0.15) is 37.3 Å². The normalized spacial score (nSPS) is 12.6. The second-order valence-electron chi connectivity index (χ2n) is 7.85. The lowest BCUT2D eigenvalue weighted by atomic mass is 9.99. The molecular formula is C26H27N3O2S. The van der Waals surface area contributed by atoms with Gasteiger partial charge in [0.2, 0.25) is 10.0 Å². The summed E-state index contributed by atoms with van der Waals surface area (Å²) in [6.45, 7) is 4.40. The predicted molar refractivity (Wildman–Crippen MR) is 128 cm³/mol. The van der Waals surface area contributed by atoms with E-state index in [2.05, 4.69) is 18.6 Å². The van der Waals surface area contributed by atoms with E-state index in [1.807, 2.05) is 79.0 Å². The first-order valence-electron chi connectivity index (χ1n) is 10.8. The molecule has 0 aliphatic heterocycles. The molecule has 0 amide bonds. The van der Waals surface area contributed by atoms with E-state index >= 15 is 0 Å². The average Bonchev–Trinajstić information content (AvgIpc) is 3.28. The maximum Gasteiger partial charge on any atom is 0.240 e. The zero-order valence-electron chi connectivity index (χ0n) is 18.3. The molecule has 0 spiro atoms. The van der Waals surface area contributed by atoms with Crippen molar-refractivity contribution < 1.29 is 8.42 Å². The van der Waals surface area contributed by atoms with E-state index in [4.69, 9.17) is 5.10 Å². The maximum atomic E-state index is 12.9. The average molecular weight is 446 g/mol. The highest BCUT2D eigenvalue weighted by Gasteiger charge is 2.18. The number of benzene rings is 3. The summed E-state index contributed by atoms with van der Waals surface area (Å²) in [6.07, 6.45) is 2.89. The molecule has 1 heterocycles. The van der Waals surface area contributed by atoms with Gasteiger partial charge in [-0.05, 0) is 42.2 Å². The Hall–Kier alpha value is -3.22. The molecule has 0 saturated carbocycles. The second kappa shape index (κ2) is 9.51. The molecule has 0 aliphatic carbocycles. The number of sulfonamides is 1. The van der Waals surface area contributed by atoms with Crippen LogP contribution in [0, 0.1) is 0 Å². The van der Waals surface area contributed by atoms with Gasteiger partial charge < -0.3 is 0 Å². The Morgan fingerprint density at radius 3 is 2.16 bits per heavy atom. The van der Waals surface area contributed by atoms with Crippen molar-refractivity contribution in [2.24, 2.45) is 0 Å². The molecular weight excluding hydrogens is 418 g/mol. The molecule has 1 aromatic heterocycles. The minimum atomic E-state index is -3.65. The van der Waals surface area contributed by atoms with Crippen molar-refractivity contribution in [2.75, 3.05) is 0 Å². The quantitative estimate of drug-likeness (QED) is 0.388. The topological polar surface area (TPSA) is 64.0 Å². The van der Waals surface area contributed by atoms with Crippen LogP contribution in [0.5, 0.6) is 0 Å². The molecule has 0 radical (unpaired) electrons. The summed E-state index contributed by atoms with van der Waals surface area (Å²) in [5, 5.41) is 4.75. The second-order valence-corrected chi connectivity index (χ2v) is 9.62. The van der Waals surface area contributed by atoms with Crippen molar-refractivity contribution in [3.63, 3.8) is 0 Å². The molecule has 5 nitrogen and oxygen atoms in total. The Morgan fingerprint density at radius 2 is 1.53 bits per heavy atom. The number of aromatic nitrogens is 2. The summed E-state index contributed by atoms with van der Waals surface area (Å²) in [4.78, 5) is 0.265. The van der Waals surface area contributed by atoms with Gasteiger partial charge in [0, 0.05) is 23.9 Å². The van der Waals surface area contributed by atoms with Gasteiger partial charge in [0.15, 0.2) is 0 Å². The van der Waals surface area contributed by atoms with Crippen LogP contribution in [-0.2, 0) is 16.6 Å². The van der Waals surface area contributed by atoms with Crippen LogP contribution in [0.25, 0.3) is 16.9 Å². The Labute approximate surface area is 189 Å². The largest absolute Gasteiger partial charge is 0.240 e. The molecule has 4 aromatic rings. The Balaban J connectivity index is 1.61. The van der Waals surface area contributed by atoms with Crippen molar-refractivity contribution in [1.29, 1.82) is 0 Å². The van der Waals surface area contributed by atoms with E-state index in [0.29, 0.717) is 5.92 Å². The molecule has 3 aromatic carbocycles. The predicted octanol–water partition coefficient (Wildman–Crippen LogP) is 5.53. The number of nitrogens with zero attached hydrogens (tertiary/aromatic N) is 2. The first kappa shape index (κ1) is 22.0. The molecule has 164 valence electrons. The number of hydrogen-bond donors (Lipinski definition) is 1. The molecule has 1 N–H and O–H groups in total. The first-order chi connectivity index (χ1) is 15.5. The third-order valence-corrected chi connectivity index (χ3v) is 7.10. The maximum absolute atomic E-state index is 12.9. The fraction of sp³-hybridized carbons (Fsp3) is 0.192. The summed E-state index contributed by atoms with van der Waals surface area (Å²) in [7, 11) is -3.65. The zero-order valence-corrected chi connectivity index (χ0v) is 19.1. The summed E-state index contributed by atoms with van der Waals surface area (Å²) < 4.78 is 30.4. The highest BCUT2D eigenvalue weighted by Crippen LogP contribution is 2.25. The molecule has 1 atom stereocenters. The van der Waals surface area contributed by atoms with Crippen molar-refractivity contribution >= 4 is 10.0 Å². The lowest BCUT2D eigenvalue weighted by Crippen LogP contribution is -2.23. The van der Waals surface area contributed by atoms with Crippen molar-refractivity contribution in [1.82, 2.24) is 14.5 Å². The Kier molecular flexibility index (Phi) is 6.53. The van der Waals surface area contributed by atoms with Gasteiger partial charge in [0.1, 0.15) is 0 Å². The number of rotatable bonds is 8. The minimum Gasteiger partial charge on any atom is -0.240 e. The van der Waals surface area contributed by atoms with Gasteiger partial charge >= 0.3 is 0 Å². The number of nitrogens with one attached hydrogen (secondary N) is 1. The van der Waals surface area contributed by atoms with Crippen LogP contribution >= 0.6 is 0 Å². The van der Waals surface area contributed by atoms with Crippen LogP contribution in [0.2, 0.25) is 0 Å². The van der Waals surface area contributed by atoms with Gasteiger partial charge in [-0.2, -0.15) is 5.10 Å². The molecule has 1 unspecified atom stereocenters. The van der Waals surface area contributed by atoms with Gasteiger partial charge in [-0.3, -0.25) is 0 Å². The van der Waals surface area contributed by atoms with E-state index in [1.54, 1.807) is 16.8 Å². The molecule has 32 heavy (non-hydrogen) atoms. The lowest BCUT2D eigenvalue weighted by Gasteiger charge is -2.11. The van der Waals surface area contributed by atoms with Gasteiger partial charge in [-0.1, -0.05) is 74.5 Å². The van der Waals surface area contributed by atoms with Gasteiger partial charge in [0.05, 0.1) is 16.3 Å². The van der Waals surface area contributed by atoms with Crippen LogP contribution < -0.4 is 4.72 Å². The molecule has 0 bridgehead atoms. The summed E-state index contributed by atoms with van der Waals surface area (Å²) in [5.74, 6) is 0.400. The molecule has 4 rings (SSSR count). The first-order valence-corrected chi connectivity index (χ1v) is 12.3. The summed E-state index contributed by atoms with van der Waals surface area (Å²) >= 11 is 0. The van der Waals surface area contributed by atoms with Crippen LogP contribution in [0.4, 0.5) is 0 Å². The standard InChI is InChI=1S/C26H27N3O2S/c1-3-20(2)21-14-16-25(17-15-21)32(30,31)27-18-23-19-29(24-12-8-5-9-13-24)28-26(23)22-10-6-4-7-11-22/h4-17,19-20,27H,3,18H2,1-2H3. The highest BCUT2D eigenvalue weighted by atomic mass is 32.2. The van der Waals surface area contributed by atoms with Crippen molar-refractivity contribution in [3.05, 3.63) is 102 Å². The third kappa shape index (κ3) is 4.82. The molecule has 0 fully saturated rings. The van der Waals surface area contributed by atoms with Crippen molar-refractivity contribution in [2.45, 2.75) is 37.6 Å². The fourth-order valence-electron chi connectivity index (χ4n) is 3.56. The molecule has 6 heteroatoms. The number of hydrogen-bond acceptors (Lipinski definition) is 3. The van der Waals surface area contributed by atoms with E-state index in [1.165, 1.54) is 0 Å². The smallest absolute Gasteiger partial charge is 0.240 e. The van der Waals surface area contributed by atoms with Gasteiger partial charge in [-0.15, -0.1) is 0 Å². The zero-order chi connectivity index (χ0) is 22.6. The molecule has 0 saturated heterocycles. The van der Waals surface area contributed by atoms with E-state index in [0.717, 1.165) is 34.5 Å². The van der Waals surface area contributed by atoms with Crippen LogP contribution in [0.15, 0.2) is 96.0 Å². The van der Waals surface area contributed by atoms with Crippen molar-refractivity contribution in [3.8, 4) is 16.9 Å². The molecule has 0 aliphatic rings. The Morgan fingerprint density at radius 1 is 0.906 bits per heavy atom. The van der Waals surface area contributed by atoms with E-state index in [9.17, 15) is 8.42 Å². The van der Waals surface area contributed by atoms with E-state index < -0.39 is 10.0 Å². The monoisotopic (exact) mass is 445 g/mol. The fourth-order valence-corrected chi connectivity index (χ4v) is 4.56. The SMILES string of the molecule is CCC(C)c1ccc(S(=O)(=O)NCc2cn(-c3ccccc3)nc2-c2ccccc2)cc1. The lowest BCUT2D eigenvalue weighted by molar-refractivity contribution is 0.581.